The molecule has 0 aromatic heterocycles. The average Bonchev–Trinajstić information content (AvgIpc) is 2.87. The van der Waals surface area contributed by atoms with Crippen molar-refractivity contribution in [2.45, 2.75) is 83.8 Å². The molecule has 0 saturated carbocycles. The summed E-state index contributed by atoms with van der Waals surface area (Å²) in [5, 5.41) is 9.61. The molecule has 0 aliphatic heterocycles. The molecule has 2 unspecified atom stereocenters. The first-order chi connectivity index (χ1) is 16.5. The molecule has 0 heterocycles. The van der Waals surface area contributed by atoms with E-state index in [1.807, 2.05) is 48.5 Å². The maximum absolute atomic E-state index is 12.5. The zero-order chi connectivity index (χ0) is 25.0. The number of ether oxygens (including phenoxy) is 1. The highest BCUT2D eigenvalue weighted by molar-refractivity contribution is 6.17. The minimum Gasteiger partial charge on any atom is -0.393 e. The number of carbonyl (C=O) groups is 2. The van der Waals surface area contributed by atoms with Crippen LogP contribution in [0, 0.1) is 0 Å². The number of aliphatic hydroxyl groups is 1. The van der Waals surface area contributed by atoms with Crippen LogP contribution in [0.1, 0.15) is 92.4 Å². The number of alkyl halides is 1. The van der Waals surface area contributed by atoms with Crippen molar-refractivity contribution < 1.29 is 19.4 Å². The van der Waals surface area contributed by atoms with Gasteiger partial charge in [-0.1, -0.05) is 106 Å². The van der Waals surface area contributed by atoms with Gasteiger partial charge in [-0.25, -0.2) is 0 Å². The zero-order valence-corrected chi connectivity index (χ0v) is 21.5. The lowest BCUT2D eigenvalue weighted by atomic mass is 10.0. The number of benzene rings is 2. The summed E-state index contributed by atoms with van der Waals surface area (Å²) in [5.41, 5.74) is 1.37. The number of unbranched alkanes of at least 4 members (excludes halogenated alkanes) is 5. The van der Waals surface area contributed by atoms with Crippen LogP contribution in [0.3, 0.4) is 0 Å². The summed E-state index contributed by atoms with van der Waals surface area (Å²) in [7, 11) is 0. The highest BCUT2D eigenvalue weighted by Gasteiger charge is 2.23. The first kappa shape index (κ1) is 30.0. The fraction of sp³-hybridized carbons (Fsp3) is 0.517. The predicted octanol–water partition coefficient (Wildman–Crippen LogP) is 7.27. The van der Waals surface area contributed by atoms with Gasteiger partial charge in [0.2, 0.25) is 0 Å². The third-order valence-corrected chi connectivity index (χ3v) is 5.84. The number of aliphatic hydroxyl groups excluding tert-OH is 1. The third kappa shape index (κ3) is 13.0. The van der Waals surface area contributed by atoms with Crippen molar-refractivity contribution in [3.63, 3.8) is 0 Å². The van der Waals surface area contributed by atoms with Gasteiger partial charge in [0.25, 0.3) is 0 Å². The molecule has 4 nitrogen and oxygen atoms in total. The van der Waals surface area contributed by atoms with Crippen LogP contribution in [-0.2, 0) is 4.74 Å². The van der Waals surface area contributed by atoms with E-state index in [9.17, 15) is 14.7 Å². The number of rotatable bonds is 16. The average molecular weight is 489 g/mol. The summed E-state index contributed by atoms with van der Waals surface area (Å²) in [4.78, 5) is 23.1. The monoisotopic (exact) mass is 488 g/mol. The smallest absolute Gasteiger partial charge is 0.193 e. The SMILES string of the molecule is CC(=O)c1ccccc1.CCCC(CCCCCCCCCl)OC(CO)C(=O)c1ccccc1. The Morgan fingerprint density at radius 3 is 1.82 bits per heavy atom. The maximum atomic E-state index is 12.5. The number of carbonyl (C=O) groups excluding carboxylic acids is 2. The van der Waals surface area contributed by atoms with Crippen LogP contribution in [-0.4, -0.2) is 41.4 Å². The van der Waals surface area contributed by atoms with Gasteiger partial charge in [0.1, 0.15) is 6.10 Å². The van der Waals surface area contributed by atoms with Gasteiger partial charge in [0, 0.05) is 17.0 Å². The van der Waals surface area contributed by atoms with Crippen LogP contribution >= 0.6 is 11.6 Å². The van der Waals surface area contributed by atoms with Crippen molar-refractivity contribution >= 4 is 23.2 Å². The number of halogens is 1. The fourth-order valence-electron chi connectivity index (χ4n) is 3.66. The van der Waals surface area contributed by atoms with Gasteiger partial charge < -0.3 is 9.84 Å². The highest BCUT2D eigenvalue weighted by atomic mass is 35.5. The Balaban J connectivity index is 0.000000533. The molecule has 34 heavy (non-hydrogen) atoms. The summed E-state index contributed by atoms with van der Waals surface area (Å²) < 4.78 is 5.98. The fourth-order valence-corrected chi connectivity index (χ4v) is 3.85. The van der Waals surface area contributed by atoms with Crippen molar-refractivity contribution in [2.75, 3.05) is 12.5 Å². The van der Waals surface area contributed by atoms with Crippen LogP contribution in [0.2, 0.25) is 0 Å². The van der Waals surface area contributed by atoms with E-state index in [-0.39, 0.29) is 24.3 Å². The van der Waals surface area contributed by atoms with Gasteiger partial charge in [-0.3, -0.25) is 9.59 Å². The summed E-state index contributed by atoms with van der Waals surface area (Å²) >= 11 is 5.69. The van der Waals surface area contributed by atoms with E-state index < -0.39 is 6.10 Å². The minimum absolute atomic E-state index is 0.0395. The lowest BCUT2D eigenvalue weighted by Gasteiger charge is -2.23. The maximum Gasteiger partial charge on any atom is 0.193 e. The molecule has 2 rings (SSSR count). The molecule has 0 radical (unpaired) electrons. The Kier molecular flexibility index (Phi) is 17.1. The standard InChI is InChI=1S/C21H33ClO3.C8H8O/c1-2-12-19(15-10-5-3-4-6-11-16-22)25-20(17-23)21(24)18-13-8-7-9-14-18;1-7(9)8-5-3-2-4-6-8/h7-9,13-14,19-20,23H,2-6,10-12,15-17H2,1H3;2-6H,1H3. The number of hydrogen-bond donors (Lipinski definition) is 1. The second kappa shape index (κ2) is 19.3. The molecule has 0 spiro atoms. The zero-order valence-electron chi connectivity index (χ0n) is 20.8. The van der Waals surface area contributed by atoms with E-state index in [2.05, 4.69) is 6.92 Å². The molecule has 0 aliphatic rings. The number of Topliss-reactive ketones (excluding diaryl/α,β-unsaturated/α-hetero) is 2. The molecule has 2 aromatic carbocycles. The van der Waals surface area contributed by atoms with Crippen molar-refractivity contribution in [1.82, 2.24) is 0 Å². The van der Waals surface area contributed by atoms with E-state index in [1.165, 1.54) is 25.7 Å². The quantitative estimate of drug-likeness (QED) is 0.153. The van der Waals surface area contributed by atoms with E-state index >= 15 is 0 Å². The second-order valence-corrected chi connectivity index (χ2v) is 8.85. The number of ketones is 2. The summed E-state index contributed by atoms with van der Waals surface area (Å²) in [5.74, 6) is 0.741. The van der Waals surface area contributed by atoms with E-state index in [0.717, 1.165) is 43.5 Å². The normalized spacial score (nSPS) is 12.4. The Morgan fingerprint density at radius 1 is 0.824 bits per heavy atom. The third-order valence-electron chi connectivity index (χ3n) is 5.57. The topological polar surface area (TPSA) is 63.6 Å². The van der Waals surface area contributed by atoms with Gasteiger partial charge in [-0.2, -0.15) is 0 Å². The van der Waals surface area contributed by atoms with Crippen LogP contribution in [0.4, 0.5) is 0 Å². The van der Waals surface area contributed by atoms with Crippen molar-refractivity contribution in [1.29, 1.82) is 0 Å². The highest BCUT2D eigenvalue weighted by Crippen LogP contribution is 2.17. The predicted molar refractivity (Wildman–Crippen MR) is 141 cm³/mol. The van der Waals surface area contributed by atoms with E-state index in [4.69, 9.17) is 16.3 Å². The van der Waals surface area contributed by atoms with Gasteiger partial charge in [0.15, 0.2) is 11.6 Å². The van der Waals surface area contributed by atoms with Crippen molar-refractivity contribution in [3.8, 4) is 0 Å². The molecule has 2 atom stereocenters. The summed E-state index contributed by atoms with van der Waals surface area (Å²) in [6.07, 6.45) is 9.20. The Morgan fingerprint density at radius 2 is 1.35 bits per heavy atom. The van der Waals surface area contributed by atoms with Crippen LogP contribution < -0.4 is 0 Å². The molecular formula is C29H41ClO4. The van der Waals surface area contributed by atoms with E-state index in [0.29, 0.717) is 5.56 Å². The second-order valence-electron chi connectivity index (χ2n) is 8.47. The molecule has 0 amide bonds. The van der Waals surface area contributed by atoms with Gasteiger partial charge >= 0.3 is 0 Å². The summed E-state index contributed by atoms with van der Waals surface area (Å²) in [6.45, 7) is 3.41. The molecule has 0 saturated heterocycles. The lowest BCUT2D eigenvalue weighted by molar-refractivity contribution is -0.0326. The van der Waals surface area contributed by atoms with Crippen LogP contribution in [0.5, 0.6) is 0 Å². The Hall–Kier alpha value is -2.01. The van der Waals surface area contributed by atoms with Crippen molar-refractivity contribution in [3.05, 3.63) is 71.8 Å². The molecule has 5 heteroatoms. The molecule has 0 fully saturated rings. The first-order valence-corrected chi connectivity index (χ1v) is 13.0. The van der Waals surface area contributed by atoms with Crippen LogP contribution in [0.15, 0.2) is 60.7 Å². The van der Waals surface area contributed by atoms with Gasteiger partial charge in [-0.05, 0) is 26.2 Å². The molecule has 0 bridgehead atoms. The van der Waals surface area contributed by atoms with E-state index in [1.54, 1.807) is 19.1 Å². The van der Waals surface area contributed by atoms with Crippen molar-refractivity contribution in [2.24, 2.45) is 0 Å². The minimum atomic E-state index is -0.761. The Bertz CT molecular complexity index is 779. The van der Waals surface area contributed by atoms with Crippen LogP contribution in [0.25, 0.3) is 0 Å². The Labute approximate surface area is 210 Å². The van der Waals surface area contributed by atoms with Gasteiger partial charge in [-0.15, -0.1) is 11.6 Å². The summed E-state index contributed by atoms with van der Waals surface area (Å²) in [6, 6.07) is 18.3. The molecule has 188 valence electrons. The molecule has 1 N–H and O–H groups in total. The molecule has 2 aromatic rings. The molecular weight excluding hydrogens is 448 g/mol. The number of hydrogen-bond acceptors (Lipinski definition) is 4. The molecule has 0 aliphatic carbocycles. The van der Waals surface area contributed by atoms with Gasteiger partial charge in [0.05, 0.1) is 12.7 Å². The first-order valence-electron chi connectivity index (χ1n) is 12.5. The lowest BCUT2D eigenvalue weighted by Crippen LogP contribution is -2.32. The largest absolute Gasteiger partial charge is 0.393 e.